The average Bonchev–Trinajstić information content (AvgIpc) is 2.38. The maximum Gasteiger partial charge on any atom is 0.433 e. The van der Waals surface area contributed by atoms with Crippen LogP contribution in [0, 0.1) is 0 Å². The molecular formula is C15H20F3NS. The Morgan fingerprint density at radius 1 is 1.15 bits per heavy atom. The number of rotatable bonds is 3. The van der Waals surface area contributed by atoms with Crippen molar-refractivity contribution in [3.8, 4) is 0 Å². The van der Waals surface area contributed by atoms with Crippen molar-refractivity contribution >= 4 is 11.8 Å². The monoisotopic (exact) mass is 303 g/mol. The first-order valence-corrected chi connectivity index (χ1v) is 8.00. The zero-order chi connectivity index (χ0) is 14.8. The lowest BCUT2D eigenvalue weighted by Crippen LogP contribution is -2.13. The van der Waals surface area contributed by atoms with Gasteiger partial charge in [-0.05, 0) is 30.4 Å². The maximum absolute atomic E-state index is 12.8. The molecule has 0 atom stereocenters. The first-order chi connectivity index (χ1) is 9.38. The van der Waals surface area contributed by atoms with Crippen LogP contribution in [0.4, 0.5) is 13.2 Å². The topological polar surface area (TPSA) is 12.9 Å². The third-order valence-corrected chi connectivity index (χ3v) is 4.99. The van der Waals surface area contributed by atoms with Gasteiger partial charge in [-0.3, -0.25) is 0 Å². The molecule has 0 saturated heterocycles. The maximum atomic E-state index is 12.8. The lowest BCUT2D eigenvalue weighted by atomic mass is 10.0. The molecule has 5 heteroatoms. The van der Waals surface area contributed by atoms with Gasteiger partial charge >= 0.3 is 6.18 Å². The summed E-state index contributed by atoms with van der Waals surface area (Å²) in [5, 5.41) is 0.985. The van der Waals surface area contributed by atoms with E-state index >= 15 is 0 Å². The van der Waals surface area contributed by atoms with Crippen molar-refractivity contribution in [1.29, 1.82) is 0 Å². The molecule has 1 saturated carbocycles. The van der Waals surface area contributed by atoms with Gasteiger partial charge in [-0.25, -0.2) is 4.98 Å². The number of thioether (sulfide) groups is 1. The van der Waals surface area contributed by atoms with Gasteiger partial charge in [0.15, 0.2) is 0 Å². The molecule has 0 amide bonds. The number of aromatic nitrogens is 1. The second-order valence-corrected chi connectivity index (χ2v) is 6.91. The number of hydrogen-bond acceptors (Lipinski definition) is 2. The van der Waals surface area contributed by atoms with Crippen molar-refractivity contribution in [3.05, 3.63) is 23.4 Å². The van der Waals surface area contributed by atoms with E-state index in [1.165, 1.54) is 31.0 Å². The normalized spacial score (nSPS) is 17.7. The van der Waals surface area contributed by atoms with Crippen molar-refractivity contribution in [3.63, 3.8) is 0 Å². The van der Waals surface area contributed by atoms with E-state index < -0.39 is 11.9 Å². The summed E-state index contributed by atoms with van der Waals surface area (Å²) in [5.74, 6) is 0.191. The van der Waals surface area contributed by atoms with E-state index in [1.54, 1.807) is 6.07 Å². The average molecular weight is 303 g/mol. The quantitative estimate of drug-likeness (QED) is 0.715. The number of pyridine rings is 1. The van der Waals surface area contributed by atoms with E-state index in [1.807, 2.05) is 13.8 Å². The summed E-state index contributed by atoms with van der Waals surface area (Å²) in [5.41, 5.74) is 0.147. The SMILES string of the molecule is CC(C)c1ccc(C(F)(F)F)nc1SC1CCCCC1. The molecule has 1 fully saturated rings. The fraction of sp³-hybridized carbons (Fsp3) is 0.667. The van der Waals surface area contributed by atoms with Crippen LogP contribution in [0.15, 0.2) is 17.2 Å². The second kappa shape index (κ2) is 6.37. The van der Waals surface area contributed by atoms with Crippen molar-refractivity contribution < 1.29 is 13.2 Å². The number of nitrogens with zero attached hydrogens (tertiary/aromatic N) is 1. The summed E-state index contributed by atoms with van der Waals surface area (Å²) >= 11 is 1.54. The Morgan fingerprint density at radius 3 is 2.35 bits per heavy atom. The van der Waals surface area contributed by atoms with Gasteiger partial charge in [0.05, 0.1) is 0 Å². The molecule has 0 unspecified atom stereocenters. The van der Waals surface area contributed by atoms with Gasteiger partial charge in [0.1, 0.15) is 10.7 Å². The molecule has 1 aromatic rings. The Balaban J connectivity index is 2.26. The smallest absolute Gasteiger partial charge is 0.237 e. The third kappa shape index (κ3) is 3.90. The van der Waals surface area contributed by atoms with Crippen molar-refractivity contribution in [2.75, 3.05) is 0 Å². The van der Waals surface area contributed by atoms with Crippen molar-refractivity contribution in [1.82, 2.24) is 4.98 Å². The predicted octanol–water partition coefficient (Wildman–Crippen LogP) is 5.65. The van der Waals surface area contributed by atoms with E-state index in [2.05, 4.69) is 4.98 Å². The Kier molecular flexibility index (Phi) is 4.99. The minimum Gasteiger partial charge on any atom is -0.237 e. The number of hydrogen-bond donors (Lipinski definition) is 0. The van der Waals surface area contributed by atoms with E-state index in [0.717, 1.165) is 24.5 Å². The molecule has 1 heterocycles. The Bertz CT molecular complexity index is 451. The fourth-order valence-corrected chi connectivity index (χ4v) is 3.96. The molecule has 1 aliphatic rings. The highest BCUT2D eigenvalue weighted by Crippen LogP contribution is 2.38. The molecule has 1 aromatic heterocycles. The predicted molar refractivity (Wildman–Crippen MR) is 76.1 cm³/mol. The molecule has 0 aliphatic heterocycles. The highest BCUT2D eigenvalue weighted by molar-refractivity contribution is 7.99. The van der Waals surface area contributed by atoms with Gasteiger partial charge in [0, 0.05) is 5.25 Å². The summed E-state index contributed by atoms with van der Waals surface area (Å²) in [6.45, 7) is 3.99. The zero-order valence-corrected chi connectivity index (χ0v) is 12.7. The van der Waals surface area contributed by atoms with Crippen LogP contribution in [-0.4, -0.2) is 10.2 Å². The second-order valence-electron chi connectivity index (χ2n) is 5.62. The van der Waals surface area contributed by atoms with Gasteiger partial charge in [-0.15, -0.1) is 11.8 Å². The molecule has 1 nitrogen and oxygen atoms in total. The largest absolute Gasteiger partial charge is 0.433 e. The zero-order valence-electron chi connectivity index (χ0n) is 11.8. The Labute approximate surface area is 122 Å². The van der Waals surface area contributed by atoms with Crippen LogP contribution >= 0.6 is 11.8 Å². The molecule has 0 spiro atoms. The van der Waals surface area contributed by atoms with Crippen LogP contribution in [0.2, 0.25) is 0 Å². The van der Waals surface area contributed by atoms with E-state index in [0.29, 0.717) is 10.3 Å². The van der Waals surface area contributed by atoms with Gasteiger partial charge in [0.2, 0.25) is 0 Å². The molecule has 0 N–H and O–H groups in total. The first kappa shape index (κ1) is 15.7. The fourth-order valence-electron chi connectivity index (χ4n) is 2.48. The highest BCUT2D eigenvalue weighted by atomic mass is 32.2. The standard InChI is InChI=1S/C15H20F3NS/c1-10(2)12-8-9-13(15(16,17)18)19-14(12)20-11-6-4-3-5-7-11/h8-11H,3-7H2,1-2H3. The van der Waals surface area contributed by atoms with Crippen LogP contribution < -0.4 is 0 Å². The summed E-state index contributed by atoms with van der Waals surface area (Å²) in [7, 11) is 0. The van der Waals surface area contributed by atoms with Crippen LogP contribution in [0.1, 0.15) is 63.1 Å². The van der Waals surface area contributed by atoms with Crippen LogP contribution in [0.3, 0.4) is 0 Å². The lowest BCUT2D eigenvalue weighted by Gasteiger charge is -2.23. The molecule has 1 aliphatic carbocycles. The number of alkyl halides is 3. The Hall–Kier alpha value is -0.710. The molecule has 0 aromatic carbocycles. The first-order valence-electron chi connectivity index (χ1n) is 7.12. The van der Waals surface area contributed by atoms with Crippen molar-refractivity contribution in [2.24, 2.45) is 0 Å². The van der Waals surface area contributed by atoms with Crippen LogP contribution in [0.5, 0.6) is 0 Å². The summed E-state index contributed by atoms with van der Waals surface area (Å²) in [4.78, 5) is 3.90. The third-order valence-electron chi connectivity index (χ3n) is 3.63. The molecule has 2 rings (SSSR count). The molecule has 0 bridgehead atoms. The summed E-state index contributed by atoms with van der Waals surface area (Å²) in [6.07, 6.45) is 1.39. The Morgan fingerprint density at radius 2 is 1.80 bits per heavy atom. The molecule has 0 radical (unpaired) electrons. The van der Waals surface area contributed by atoms with E-state index in [9.17, 15) is 13.2 Å². The van der Waals surface area contributed by atoms with Gasteiger partial charge in [0.25, 0.3) is 0 Å². The van der Waals surface area contributed by atoms with E-state index in [4.69, 9.17) is 0 Å². The minimum atomic E-state index is -4.36. The molecule has 112 valence electrons. The van der Waals surface area contributed by atoms with E-state index in [-0.39, 0.29) is 5.92 Å². The molecule has 20 heavy (non-hydrogen) atoms. The van der Waals surface area contributed by atoms with Gasteiger partial charge < -0.3 is 0 Å². The van der Waals surface area contributed by atoms with Crippen molar-refractivity contribution in [2.45, 2.75) is 68.3 Å². The van der Waals surface area contributed by atoms with Gasteiger partial charge in [-0.2, -0.15) is 13.2 Å². The van der Waals surface area contributed by atoms with Crippen LogP contribution in [-0.2, 0) is 6.18 Å². The highest BCUT2D eigenvalue weighted by Gasteiger charge is 2.33. The number of halogens is 3. The minimum absolute atomic E-state index is 0.191. The summed E-state index contributed by atoms with van der Waals surface area (Å²) in [6, 6.07) is 2.69. The lowest BCUT2D eigenvalue weighted by molar-refractivity contribution is -0.141. The van der Waals surface area contributed by atoms with Gasteiger partial charge in [-0.1, -0.05) is 39.2 Å². The molecular weight excluding hydrogens is 283 g/mol. The summed E-state index contributed by atoms with van der Waals surface area (Å²) < 4.78 is 38.4. The van der Waals surface area contributed by atoms with Crippen LogP contribution in [0.25, 0.3) is 0 Å².